The second-order valence-electron chi connectivity index (χ2n) is 5.48. The summed E-state index contributed by atoms with van der Waals surface area (Å²) in [5.41, 5.74) is -0.859. The fourth-order valence-electron chi connectivity index (χ4n) is 2.42. The van der Waals surface area contributed by atoms with Crippen molar-refractivity contribution in [2.24, 2.45) is 0 Å². The Balaban J connectivity index is 2.02. The maximum Gasteiger partial charge on any atom is 0.357 e. The number of pyridine rings is 1. The topological polar surface area (TPSA) is 114 Å². The van der Waals surface area contributed by atoms with Gasteiger partial charge < -0.3 is 10.4 Å². The number of benzene rings is 1. The molecule has 2 heterocycles. The number of anilines is 1. The van der Waals surface area contributed by atoms with E-state index in [-0.39, 0.29) is 22.3 Å². The fourth-order valence-corrected chi connectivity index (χ4v) is 2.53. The molecule has 0 saturated heterocycles. The van der Waals surface area contributed by atoms with Gasteiger partial charge in [-0.05, 0) is 25.1 Å². The predicted octanol–water partition coefficient (Wildman–Crippen LogP) is 2.34. The fraction of sp³-hybridized carbons (Fsp3) is 0.118. The van der Waals surface area contributed by atoms with Crippen molar-refractivity contribution >= 4 is 40.1 Å². The Bertz CT molecular complexity index is 1060. The monoisotopic (exact) mass is 372 g/mol. The maximum atomic E-state index is 12.6. The molecule has 1 unspecified atom stereocenters. The first-order valence-corrected chi connectivity index (χ1v) is 7.93. The quantitative estimate of drug-likeness (QED) is 0.726. The van der Waals surface area contributed by atoms with Crippen LogP contribution in [0, 0.1) is 0 Å². The highest BCUT2D eigenvalue weighted by molar-refractivity contribution is 6.30. The smallest absolute Gasteiger partial charge is 0.357 e. The summed E-state index contributed by atoms with van der Waals surface area (Å²) < 4.78 is 0.858. The van der Waals surface area contributed by atoms with E-state index in [0.717, 1.165) is 4.68 Å². The first-order chi connectivity index (χ1) is 12.4. The van der Waals surface area contributed by atoms with E-state index in [1.807, 2.05) is 0 Å². The van der Waals surface area contributed by atoms with Crippen LogP contribution < -0.4 is 10.9 Å². The first kappa shape index (κ1) is 17.6. The molecule has 1 amide bonds. The molecule has 2 aromatic heterocycles. The van der Waals surface area contributed by atoms with Crippen LogP contribution in [0.1, 0.15) is 23.5 Å². The largest absolute Gasteiger partial charge is 0.476 e. The van der Waals surface area contributed by atoms with E-state index in [9.17, 15) is 19.5 Å². The van der Waals surface area contributed by atoms with Gasteiger partial charge in [0.15, 0.2) is 5.69 Å². The Labute approximate surface area is 152 Å². The lowest BCUT2D eigenvalue weighted by Crippen LogP contribution is -2.35. The average Bonchev–Trinajstić information content (AvgIpc) is 2.63. The van der Waals surface area contributed by atoms with E-state index in [2.05, 4.69) is 15.4 Å². The SMILES string of the molecule is CC(C(=O)Nc1ccc(Cl)cn1)n1nc(C(=O)O)c2ccccc2c1=O. The molecule has 8 nitrogen and oxygen atoms in total. The minimum Gasteiger partial charge on any atom is -0.476 e. The molecule has 0 radical (unpaired) electrons. The van der Waals surface area contributed by atoms with E-state index in [0.29, 0.717) is 5.02 Å². The number of nitrogens with one attached hydrogen (secondary N) is 1. The number of aromatic carboxylic acids is 1. The average molecular weight is 373 g/mol. The van der Waals surface area contributed by atoms with Gasteiger partial charge in [-0.15, -0.1) is 0 Å². The van der Waals surface area contributed by atoms with Crippen molar-refractivity contribution < 1.29 is 14.7 Å². The Morgan fingerprint density at radius 2 is 1.88 bits per heavy atom. The molecular formula is C17H13ClN4O4. The van der Waals surface area contributed by atoms with Gasteiger partial charge in [0.1, 0.15) is 11.9 Å². The summed E-state index contributed by atoms with van der Waals surface area (Å²) in [4.78, 5) is 40.5. The summed E-state index contributed by atoms with van der Waals surface area (Å²) in [5.74, 6) is -1.61. The number of carboxylic acids is 1. The van der Waals surface area contributed by atoms with Gasteiger partial charge in [0, 0.05) is 11.6 Å². The van der Waals surface area contributed by atoms with Gasteiger partial charge in [0.25, 0.3) is 5.56 Å². The van der Waals surface area contributed by atoms with Crippen LogP contribution in [0.3, 0.4) is 0 Å². The molecular weight excluding hydrogens is 360 g/mol. The summed E-state index contributed by atoms with van der Waals surface area (Å²) in [5, 5.41) is 16.6. The molecule has 0 aliphatic heterocycles. The number of fused-ring (bicyclic) bond motifs is 1. The maximum absolute atomic E-state index is 12.6. The van der Waals surface area contributed by atoms with E-state index < -0.39 is 23.5 Å². The molecule has 0 aliphatic rings. The molecule has 9 heteroatoms. The lowest BCUT2D eigenvalue weighted by atomic mass is 10.1. The van der Waals surface area contributed by atoms with Gasteiger partial charge in [0.2, 0.25) is 5.91 Å². The zero-order valence-electron chi connectivity index (χ0n) is 13.5. The van der Waals surface area contributed by atoms with Crippen LogP contribution in [0.15, 0.2) is 47.4 Å². The highest BCUT2D eigenvalue weighted by Crippen LogP contribution is 2.16. The van der Waals surface area contributed by atoms with E-state index in [4.69, 9.17) is 11.6 Å². The third kappa shape index (κ3) is 3.27. The Hall–Kier alpha value is -3.26. The number of rotatable bonds is 4. The van der Waals surface area contributed by atoms with E-state index >= 15 is 0 Å². The summed E-state index contributed by atoms with van der Waals surface area (Å²) in [7, 11) is 0. The number of hydrogen-bond donors (Lipinski definition) is 2. The van der Waals surface area contributed by atoms with Crippen molar-refractivity contribution in [3.8, 4) is 0 Å². The zero-order valence-corrected chi connectivity index (χ0v) is 14.3. The van der Waals surface area contributed by atoms with Crippen LogP contribution in [0.4, 0.5) is 5.82 Å². The molecule has 1 aromatic carbocycles. The molecule has 1 atom stereocenters. The summed E-state index contributed by atoms with van der Waals surface area (Å²) in [6.07, 6.45) is 1.37. The molecule has 0 saturated carbocycles. The molecule has 2 N–H and O–H groups in total. The predicted molar refractivity (Wildman–Crippen MR) is 95.6 cm³/mol. The second-order valence-corrected chi connectivity index (χ2v) is 5.91. The van der Waals surface area contributed by atoms with Crippen LogP contribution in [-0.2, 0) is 4.79 Å². The van der Waals surface area contributed by atoms with Gasteiger partial charge in [-0.3, -0.25) is 9.59 Å². The number of aromatic nitrogens is 3. The number of carboxylic acid groups (broad SMARTS) is 1. The molecule has 132 valence electrons. The summed E-state index contributed by atoms with van der Waals surface area (Å²) in [6.45, 7) is 1.44. The van der Waals surface area contributed by atoms with Gasteiger partial charge in [-0.1, -0.05) is 29.8 Å². The second kappa shape index (κ2) is 6.93. The van der Waals surface area contributed by atoms with Crippen LogP contribution >= 0.6 is 11.6 Å². The number of carbonyl (C=O) groups excluding carboxylic acids is 1. The Kier molecular flexibility index (Phi) is 4.68. The molecule has 0 fully saturated rings. The molecule has 3 aromatic rings. The molecule has 3 rings (SSSR count). The Morgan fingerprint density at radius 1 is 1.19 bits per heavy atom. The Morgan fingerprint density at radius 3 is 2.50 bits per heavy atom. The lowest BCUT2D eigenvalue weighted by Gasteiger charge is -2.15. The molecule has 0 spiro atoms. The minimum atomic E-state index is -1.29. The number of hydrogen-bond acceptors (Lipinski definition) is 5. The highest BCUT2D eigenvalue weighted by Gasteiger charge is 2.22. The van der Waals surface area contributed by atoms with Gasteiger partial charge in [0.05, 0.1) is 10.4 Å². The van der Waals surface area contributed by atoms with Crippen LogP contribution in [0.2, 0.25) is 5.02 Å². The zero-order chi connectivity index (χ0) is 18.8. The van der Waals surface area contributed by atoms with Gasteiger partial charge >= 0.3 is 5.97 Å². The molecule has 0 aliphatic carbocycles. The van der Waals surface area contributed by atoms with Crippen LogP contribution in [-0.4, -0.2) is 31.7 Å². The van der Waals surface area contributed by atoms with Crippen molar-refractivity contribution in [1.82, 2.24) is 14.8 Å². The normalized spacial score (nSPS) is 11.9. The standard InChI is InChI=1S/C17H13ClN4O4/c1-9(15(23)20-13-7-6-10(18)8-19-13)22-16(24)12-5-3-2-4-11(12)14(21-22)17(25)26/h2-9H,1H3,(H,25,26)(H,19,20,23). The van der Waals surface area contributed by atoms with Crippen molar-refractivity contribution in [3.63, 3.8) is 0 Å². The van der Waals surface area contributed by atoms with E-state index in [1.165, 1.54) is 31.3 Å². The number of amides is 1. The number of halogens is 1. The van der Waals surface area contributed by atoms with Gasteiger partial charge in [-0.25, -0.2) is 14.5 Å². The summed E-state index contributed by atoms with van der Waals surface area (Å²) >= 11 is 5.74. The van der Waals surface area contributed by atoms with Crippen molar-refractivity contribution in [1.29, 1.82) is 0 Å². The molecule has 26 heavy (non-hydrogen) atoms. The summed E-state index contributed by atoms with van der Waals surface area (Å²) in [6, 6.07) is 8.23. The minimum absolute atomic E-state index is 0.171. The third-order valence-electron chi connectivity index (χ3n) is 3.76. The number of nitrogens with zero attached hydrogens (tertiary/aromatic N) is 3. The highest BCUT2D eigenvalue weighted by atomic mass is 35.5. The van der Waals surface area contributed by atoms with Crippen LogP contribution in [0.25, 0.3) is 10.8 Å². The lowest BCUT2D eigenvalue weighted by molar-refractivity contribution is -0.119. The van der Waals surface area contributed by atoms with Crippen molar-refractivity contribution in [3.05, 3.63) is 63.7 Å². The van der Waals surface area contributed by atoms with E-state index in [1.54, 1.807) is 18.2 Å². The van der Waals surface area contributed by atoms with Crippen molar-refractivity contribution in [2.45, 2.75) is 13.0 Å². The van der Waals surface area contributed by atoms with Crippen LogP contribution in [0.5, 0.6) is 0 Å². The van der Waals surface area contributed by atoms with Crippen molar-refractivity contribution in [2.75, 3.05) is 5.32 Å². The number of carbonyl (C=O) groups is 2. The molecule has 0 bridgehead atoms. The first-order valence-electron chi connectivity index (χ1n) is 7.55. The van der Waals surface area contributed by atoms with Gasteiger partial charge in [-0.2, -0.15) is 5.10 Å². The third-order valence-corrected chi connectivity index (χ3v) is 3.98.